The number of benzene rings is 1. The van der Waals surface area contributed by atoms with Crippen LogP contribution < -0.4 is 19.9 Å². The van der Waals surface area contributed by atoms with Gasteiger partial charge in [0.15, 0.2) is 5.60 Å². The summed E-state index contributed by atoms with van der Waals surface area (Å²) in [6.45, 7) is 16.0. The predicted molar refractivity (Wildman–Crippen MR) is 173 cm³/mol. The number of rotatable bonds is 17. The van der Waals surface area contributed by atoms with Gasteiger partial charge in [-0.1, -0.05) is 13.8 Å². The van der Waals surface area contributed by atoms with E-state index in [1.807, 2.05) is 36.9 Å². The maximum atomic E-state index is 14.1. The molecule has 3 aliphatic rings. The van der Waals surface area contributed by atoms with Crippen LogP contribution in [0.2, 0.25) is 0 Å². The van der Waals surface area contributed by atoms with E-state index in [0.717, 1.165) is 51.0 Å². The Bertz CT molecular complexity index is 1130. The molecule has 1 aromatic carbocycles. The summed E-state index contributed by atoms with van der Waals surface area (Å²) in [6.07, 6.45) is 5.97. The van der Waals surface area contributed by atoms with Crippen molar-refractivity contribution < 1.29 is 28.6 Å². The van der Waals surface area contributed by atoms with Crippen molar-refractivity contribution in [3.63, 3.8) is 0 Å². The molecule has 0 spiro atoms. The second-order valence-electron chi connectivity index (χ2n) is 13.7. The van der Waals surface area contributed by atoms with Gasteiger partial charge < -0.3 is 29.3 Å². The number of ketones is 1. The average Bonchev–Trinajstić information content (AvgIpc) is 3.83. The molecule has 4 rings (SSSR count). The molecule has 1 aromatic rings. The lowest BCUT2D eigenvalue weighted by Crippen LogP contribution is -2.53. The molecule has 0 unspecified atom stereocenters. The summed E-state index contributed by atoms with van der Waals surface area (Å²) >= 11 is 0. The number of carbonyl (C=O) groups is 3. The Kier molecular flexibility index (Phi) is 12.3. The van der Waals surface area contributed by atoms with Crippen molar-refractivity contribution >= 4 is 29.0 Å². The molecule has 2 fully saturated rings. The smallest absolute Gasteiger partial charge is 0.270 e. The van der Waals surface area contributed by atoms with Gasteiger partial charge in [0, 0.05) is 63.5 Å². The minimum absolute atomic E-state index is 0.0513. The average molecular weight is 614 g/mol. The van der Waals surface area contributed by atoms with E-state index >= 15 is 0 Å². The number of Topliss-reactive ketones (excluding diaryl/α,β-unsaturated/α-hetero) is 1. The van der Waals surface area contributed by atoms with Crippen molar-refractivity contribution in [2.24, 2.45) is 23.7 Å². The Hall–Kier alpha value is -2.49. The molecule has 1 aliphatic carbocycles. The zero-order valence-electron chi connectivity index (χ0n) is 27.9. The summed E-state index contributed by atoms with van der Waals surface area (Å²) in [6, 6.07) is 5.85. The number of anilines is 2. The van der Waals surface area contributed by atoms with Crippen molar-refractivity contribution in [3.05, 3.63) is 18.2 Å². The molecular weight excluding hydrogens is 558 g/mol. The van der Waals surface area contributed by atoms with E-state index in [-0.39, 0.29) is 35.5 Å². The lowest BCUT2D eigenvalue weighted by Gasteiger charge is -2.39. The highest BCUT2D eigenvalue weighted by molar-refractivity contribution is 6.04. The molecular formula is C35H55N3O6. The van der Waals surface area contributed by atoms with Crippen LogP contribution >= 0.6 is 0 Å². The molecule has 1 saturated carbocycles. The van der Waals surface area contributed by atoms with Gasteiger partial charge >= 0.3 is 0 Å². The van der Waals surface area contributed by atoms with Gasteiger partial charge in [-0.25, -0.2) is 0 Å². The Balaban J connectivity index is 1.43. The highest BCUT2D eigenvalue weighted by Crippen LogP contribution is 2.43. The number of nitrogens with zero attached hydrogens (tertiary/aromatic N) is 2. The number of hydrogen-bond acceptors (Lipinski definition) is 7. The molecule has 3 atom stereocenters. The van der Waals surface area contributed by atoms with Gasteiger partial charge in [0.25, 0.3) is 5.91 Å². The second-order valence-corrected chi connectivity index (χ2v) is 13.7. The normalized spacial score (nSPS) is 22.0. The van der Waals surface area contributed by atoms with Gasteiger partial charge in [0.2, 0.25) is 5.91 Å². The molecule has 2 heterocycles. The number of carbonyl (C=O) groups excluding carboxylic acids is 3. The van der Waals surface area contributed by atoms with E-state index in [2.05, 4.69) is 19.2 Å². The summed E-state index contributed by atoms with van der Waals surface area (Å²) in [7, 11) is 0. The van der Waals surface area contributed by atoms with Crippen LogP contribution in [0.3, 0.4) is 0 Å². The van der Waals surface area contributed by atoms with Crippen molar-refractivity contribution in [1.29, 1.82) is 0 Å². The lowest BCUT2D eigenvalue weighted by atomic mass is 9.84. The van der Waals surface area contributed by atoms with E-state index in [4.69, 9.17) is 14.2 Å². The third kappa shape index (κ3) is 8.82. The molecule has 0 radical (unpaired) electrons. The Morgan fingerprint density at radius 1 is 1.11 bits per heavy atom. The van der Waals surface area contributed by atoms with Crippen LogP contribution in [0.1, 0.15) is 86.5 Å². The highest BCUT2D eigenvalue weighted by Gasteiger charge is 2.43. The quantitative estimate of drug-likeness (QED) is 0.236. The van der Waals surface area contributed by atoms with E-state index in [0.29, 0.717) is 69.0 Å². The largest absolute Gasteiger partial charge is 0.476 e. The van der Waals surface area contributed by atoms with Crippen LogP contribution in [0.25, 0.3) is 0 Å². The second kappa shape index (κ2) is 15.7. The standard InChI is InChI=1S/C35H55N3O6/c1-7-42-17-16-37-30-20-29(14-15-32(30)44-35(5,6)34(37)41)38(28-12-13-28)33(40)27-19-26(21-36-22-27)31(39)11-9-10-25(18-24(3)4)23-43-8-2/h14-15,20,24-28,36H,7-13,16-19,21-23H2,1-6H3/t25-,26+,27-/m1/s1. The van der Waals surface area contributed by atoms with Gasteiger partial charge in [-0.05, 0) is 96.3 Å². The van der Waals surface area contributed by atoms with Gasteiger partial charge in [-0.15, -0.1) is 0 Å². The van der Waals surface area contributed by atoms with Crippen molar-refractivity contribution in [3.8, 4) is 5.75 Å². The number of nitrogens with one attached hydrogen (secondary N) is 1. The fourth-order valence-corrected chi connectivity index (χ4v) is 6.64. The maximum Gasteiger partial charge on any atom is 0.270 e. The van der Waals surface area contributed by atoms with Crippen molar-refractivity contribution in [2.45, 2.75) is 98.1 Å². The first kappa shape index (κ1) is 34.4. The van der Waals surface area contributed by atoms with Crippen LogP contribution in [-0.2, 0) is 23.9 Å². The summed E-state index contributed by atoms with van der Waals surface area (Å²) in [4.78, 5) is 44.4. The Morgan fingerprint density at radius 2 is 1.84 bits per heavy atom. The molecule has 246 valence electrons. The molecule has 0 aromatic heterocycles. The first-order valence-electron chi connectivity index (χ1n) is 16.9. The molecule has 0 bridgehead atoms. The SMILES string of the molecule is CCOCCN1C(=O)C(C)(C)Oc2ccc(N(C(=O)[C@H]3CNC[C@@H](C(=O)CCC[C@@H](COCC)CC(C)C)C3)C3CC3)cc21. The third-order valence-corrected chi connectivity index (χ3v) is 9.00. The first-order valence-corrected chi connectivity index (χ1v) is 16.9. The molecule has 44 heavy (non-hydrogen) atoms. The molecule has 1 N–H and O–H groups in total. The van der Waals surface area contributed by atoms with E-state index in [9.17, 15) is 14.4 Å². The summed E-state index contributed by atoms with van der Waals surface area (Å²) in [5.74, 6) is 1.46. The topological polar surface area (TPSA) is 97.4 Å². The molecule has 2 aliphatic heterocycles. The van der Waals surface area contributed by atoms with E-state index < -0.39 is 5.60 Å². The summed E-state index contributed by atoms with van der Waals surface area (Å²) in [5, 5.41) is 3.39. The number of hydrogen-bond donors (Lipinski definition) is 1. The fourth-order valence-electron chi connectivity index (χ4n) is 6.64. The lowest BCUT2D eigenvalue weighted by molar-refractivity contribution is -0.133. The number of fused-ring (bicyclic) bond motifs is 1. The van der Waals surface area contributed by atoms with Gasteiger partial charge in [0.1, 0.15) is 11.5 Å². The van der Waals surface area contributed by atoms with Gasteiger partial charge in [0.05, 0.1) is 18.2 Å². The van der Waals surface area contributed by atoms with E-state index in [1.54, 1.807) is 18.7 Å². The molecule has 9 heteroatoms. The van der Waals surface area contributed by atoms with Crippen molar-refractivity contribution in [2.75, 3.05) is 55.9 Å². The first-order chi connectivity index (χ1) is 21.1. The zero-order chi connectivity index (χ0) is 31.9. The van der Waals surface area contributed by atoms with Crippen LogP contribution in [0.5, 0.6) is 5.75 Å². The summed E-state index contributed by atoms with van der Waals surface area (Å²) < 4.78 is 17.4. The molecule has 1 saturated heterocycles. The Labute approximate surface area is 264 Å². The van der Waals surface area contributed by atoms with Crippen LogP contribution in [-0.4, -0.2) is 75.3 Å². The van der Waals surface area contributed by atoms with Crippen LogP contribution in [0, 0.1) is 23.7 Å². The van der Waals surface area contributed by atoms with Crippen molar-refractivity contribution in [1.82, 2.24) is 5.32 Å². The number of piperidine rings is 1. The van der Waals surface area contributed by atoms with E-state index in [1.165, 1.54) is 0 Å². The number of ether oxygens (including phenoxy) is 3. The van der Waals surface area contributed by atoms with Crippen LogP contribution in [0.4, 0.5) is 11.4 Å². The number of amides is 2. The maximum absolute atomic E-state index is 14.1. The van der Waals surface area contributed by atoms with Gasteiger partial charge in [-0.3, -0.25) is 14.4 Å². The van der Waals surface area contributed by atoms with Crippen LogP contribution in [0.15, 0.2) is 18.2 Å². The zero-order valence-corrected chi connectivity index (χ0v) is 27.9. The molecule has 9 nitrogen and oxygen atoms in total. The highest BCUT2D eigenvalue weighted by atomic mass is 16.5. The summed E-state index contributed by atoms with van der Waals surface area (Å²) in [5.41, 5.74) is 0.452. The minimum atomic E-state index is -0.985. The minimum Gasteiger partial charge on any atom is -0.476 e. The Morgan fingerprint density at radius 3 is 2.52 bits per heavy atom. The van der Waals surface area contributed by atoms with Gasteiger partial charge in [-0.2, -0.15) is 0 Å². The third-order valence-electron chi connectivity index (χ3n) is 9.00. The predicted octanol–water partition coefficient (Wildman–Crippen LogP) is 5.39. The molecule has 2 amide bonds. The monoisotopic (exact) mass is 613 g/mol. The fraction of sp³-hybridized carbons (Fsp3) is 0.743.